The van der Waals surface area contributed by atoms with Gasteiger partial charge in [0.1, 0.15) is 5.75 Å². The van der Waals surface area contributed by atoms with Gasteiger partial charge in [-0.05, 0) is 43.5 Å². The summed E-state index contributed by atoms with van der Waals surface area (Å²) in [6.45, 7) is 3.46. The molecule has 1 atom stereocenters. The minimum absolute atomic E-state index is 0.0312. The second-order valence-electron chi connectivity index (χ2n) is 5.06. The molecule has 1 aromatic heterocycles. The number of methoxy groups -OCH3 is 1. The zero-order chi connectivity index (χ0) is 16.1. The number of carbonyl (C=O) groups is 2. The van der Waals surface area contributed by atoms with Crippen LogP contribution in [0.15, 0.2) is 35.7 Å². The predicted molar refractivity (Wildman–Crippen MR) is 87.6 cm³/mol. The molecule has 1 heterocycles. The number of amides is 1. The number of Topliss-reactive ketones (excluding diaryl/α,β-unsaturated/α-hetero) is 1. The fraction of sp³-hybridized carbons (Fsp3) is 0.294. The molecule has 0 unspecified atom stereocenters. The molecule has 1 N–H and O–H groups in total. The molecule has 1 aromatic carbocycles. The van der Waals surface area contributed by atoms with E-state index >= 15 is 0 Å². The van der Waals surface area contributed by atoms with E-state index in [0.29, 0.717) is 16.9 Å². The second kappa shape index (κ2) is 7.22. The average molecular weight is 317 g/mol. The topological polar surface area (TPSA) is 55.4 Å². The number of ketones is 1. The highest BCUT2D eigenvalue weighted by atomic mass is 32.1. The third kappa shape index (κ3) is 3.95. The first-order chi connectivity index (χ1) is 10.5. The van der Waals surface area contributed by atoms with E-state index in [4.69, 9.17) is 4.74 Å². The highest BCUT2D eigenvalue weighted by Gasteiger charge is 2.14. The van der Waals surface area contributed by atoms with Crippen LogP contribution < -0.4 is 10.1 Å². The monoisotopic (exact) mass is 317 g/mol. The molecule has 2 rings (SSSR count). The van der Waals surface area contributed by atoms with Crippen LogP contribution in [-0.4, -0.2) is 18.8 Å². The number of benzene rings is 1. The van der Waals surface area contributed by atoms with Crippen LogP contribution in [0, 0.1) is 0 Å². The third-order valence-electron chi connectivity index (χ3n) is 3.39. The summed E-state index contributed by atoms with van der Waals surface area (Å²) in [6, 6.07) is 9.07. The minimum Gasteiger partial charge on any atom is -0.496 e. The van der Waals surface area contributed by atoms with Gasteiger partial charge in [-0.3, -0.25) is 9.59 Å². The summed E-state index contributed by atoms with van der Waals surface area (Å²) in [6.07, 6.45) is 0.181. The van der Waals surface area contributed by atoms with Crippen molar-refractivity contribution in [2.24, 2.45) is 0 Å². The maximum absolute atomic E-state index is 12.2. The quantitative estimate of drug-likeness (QED) is 0.831. The lowest BCUT2D eigenvalue weighted by Gasteiger charge is -2.14. The summed E-state index contributed by atoms with van der Waals surface area (Å²) >= 11 is 1.61. The van der Waals surface area contributed by atoms with Gasteiger partial charge in [-0.25, -0.2) is 0 Å². The summed E-state index contributed by atoms with van der Waals surface area (Å²) in [5.41, 5.74) is 1.29. The van der Waals surface area contributed by atoms with Crippen molar-refractivity contribution in [1.82, 2.24) is 5.32 Å². The molecule has 0 saturated heterocycles. The van der Waals surface area contributed by atoms with E-state index < -0.39 is 0 Å². The zero-order valence-corrected chi connectivity index (χ0v) is 13.7. The van der Waals surface area contributed by atoms with E-state index in [1.54, 1.807) is 36.6 Å². The molecule has 0 saturated carbocycles. The maximum Gasteiger partial charge on any atom is 0.225 e. The van der Waals surface area contributed by atoms with Crippen molar-refractivity contribution in [2.45, 2.75) is 26.3 Å². The maximum atomic E-state index is 12.2. The van der Waals surface area contributed by atoms with Gasteiger partial charge in [-0.15, -0.1) is 11.3 Å². The van der Waals surface area contributed by atoms with Crippen molar-refractivity contribution < 1.29 is 14.3 Å². The Hall–Kier alpha value is -2.14. The zero-order valence-electron chi connectivity index (χ0n) is 12.9. The summed E-state index contributed by atoms with van der Waals surface area (Å²) in [7, 11) is 1.55. The molecule has 1 amide bonds. The number of hydrogen-bond acceptors (Lipinski definition) is 4. The molecule has 0 fully saturated rings. The van der Waals surface area contributed by atoms with Gasteiger partial charge in [0.15, 0.2) is 5.78 Å². The molecule has 0 radical (unpaired) electrons. The lowest BCUT2D eigenvalue weighted by molar-refractivity contribution is -0.121. The summed E-state index contributed by atoms with van der Waals surface area (Å²) in [5, 5.41) is 4.95. The molecule has 5 heteroatoms. The number of thiophene rings is 1. The van der Waals surface area contributed by atoms with Gasteiger partial charge >= 0.3 is 0 Å². The summed E-state index contributed by atoms with van der Waals surface area (Å²) in [4.78, 5) is 24.8. The number of rotatable bonds is 6. The Bertz CT molecular complexity index is 665. The predicted octanol–water partition coefficient (Wildman–Crippen LogP) is 3.38. The molecule has 0 aliphatic rings. The number of ether oxygens (including phenoxy) is 1. The largest absolute Gasteiger partial charge is 0.496 e. The molecule has 0 aliphatic carbocycles. The highest BCUT2D eigenvalue weighted by Crippen LogP contribution is 2.22. The number of nitrogens with one attached hydrogen (secondary N) is 1. The van der Waals surface area contributed by atoms with Gasteiger partial charge in [-0.2, -0.15) is 0 Å². The molecule has 0 bridgehead atoms. The van der Waals surface area contributed by atoms with Gasteiger partial charge in [0, 0.05) is 16.0 Å². The lowest BCUT2D eigenvalue weighted by atomic mass is 10.0. The molecule has 4 nitrogen and oxygen atoms in total. The Morgan fingerprint density at radius 1 is 1.32 bits per heavy atom. The van der Waals surface area contributed by atoms with Crippen molar-refractivity contribution in [1.29, 1.82) is 0 Å². The van der Waals surface area contributed by atoms with Crippen molar-refractivity contribution in [2.75, 3.05) is 7.11 Å². The standard InChI is InChI=1S/C17H19NO3S/c1-11(16-5-4-8-22-16)18-17(20)10-14-9-13(12(2)19)6-7-15(14)21-3/h4-9,11H,10H2,1-3H3,(H,18,20)/t11-/m0/s1. The van der Waals surface area contributed by atoms with Crippen LogP contribution in [0.5, 0.6) is 5.75 Å². The van der Waals surface area contributed by atoms with Crippen molar-refractivity contribution >= 4 is 23.0 Å². The van der Waals surface area contributed by atoms with Gasteiger partial charge in [-0.1, -0.05) is 6.07 Å². The van der Waals surface area contributed by atoms with Gasteiger partial charge in [0.25, 0.3) is 0 Å². The smallest absolute Gasteiger partial charge is 0.225 e. The van der Waals surface area contributed by atoms with Crippen LogP contribution in [0.2, 0.25) is 0 Å². The first-order valence-electron chi connectivity index (χ1n) is 7.02. The summed E-state index contributed by atoms with van der Waals surface area (Å²) < 4.78 is 5.27. The Kier molecular flexibility index (Phi) is 5.33. The van der Waals surface area contributed by atoms with E-state index in [2.05, 4.69) is 5.32 Å². The summed E-state index contributed by atoms with van der Waals surface area (Å²) in [5.74, 6) is 0.486. The average Bonchev–Trinajstić information content (AvgIpc) is 3.01. The Labute approximate surface area is 134 Å². The van der Waals surface area contributed by atoms with Crippen molar-refractivity contribution in [3.05, 3.63) is 51.7 Å². The molecule has 0 spiro atoms. The fourth-order valence-corrected chi connectivity index (χ4v) is 2.94. The molecule has 0 aliphatic heterocycles. The number of carbonyl (C=O) groups excluding carboxylic acids is 2. The Balaban J connectivity index is 2.10. The highest BCUT2D eigenvalue weighted by molar-refractivity contribution is 7.10. The van der Waals surface area contributed by atoms with Crippen molar-refractivity contribution in [3.8, 4) is 5.75 Å². The SMILES string of the molecule is COc1ccc(C(C)=O)cc1CC(=O)N[C@@H](C)c1cccs1. The van der Waals surface area contributed by atoms with Gasteiger partial charge < -0.3 is 10.1 Å². The fourth-order valence-electron chi connectivity index (χ4n) is 2.21. The van der Waals surface area contributed by atoms with Crippen molar-refractivity contribution in [3.63, 3.8) is 0 Å². The first-order valence-corrected chi connectivity index (χ1v) is 7.90. The van der Waals surface area contributed by atoms with Crippen LogP contribution in [0.3, 0.4) is 0 Å². The van der Waals surface area contributed by atoms with E-state index in [0.717, 1.165) is 4.88 Å². The van der Waals surface area contributed by atoms with E-state index in [1.165, 1.54) is 6.92 Å². The minimum atomic E-state index is -0.0973. The molecule has 2 aromatic rings. The Morgan fingerprint density at radius 3 is 2.68 bits per heavy atom. The number of hydrogen-bond donors (Lipinski definition) is 1. The normalized spacial score (nSPS) is 11.8. The van der Waals surface area contributed by atoms with Gasteiger partial charge in [0.05, 0.1) is 19.6 Å². The van der Waals surface area contributed by atoms with E-state index in [9.17, 15) is 9.59 Å². The van der Waals surface area contributed by atoms with E-state index in [-0.39, 0.29) is 24.2 Å². The van der Waals surface area contributed by atoms with Crippen LogP contribution in [0.4, 0.5) is 0 Å². The van der Waals surface area contributed by atoms with Crippen LogP contribution in [0.25, 0.3) is 0 Å². The van der Waals surface area contributed by atoms with E-state index in [1.807, 2.05) is 24.4 Å². The molecule has 22 heavy (non-hydrogen) atoms. The first kappa shape index (κ1) is 16.2. The van der Waals surface area contributed by atoms with Gasteiger partial charge in [0.2, 0.25) is 5.91 Å². The molecular weight excluding hydrogens is 298 g/mol. The second-order valence-corrected chi connectivity index (χ2v) is 6.04. The van der Waals surface area contributed by atoms with Crippen LogP contribution in [-0.2, 0) is 11.2 Å². The van der Waals surface area contributed by atoms with Crippen LogP contribution >= 0.6 is 11.3 Å². The third-order valence-corrected chi connectivity index (χ3v) is 4.44. The molecule has 116 valence electrons. The molecular formula is C17H19NO3S. The van der Waals surface area contributed by atoms with Crippen LogP contribution in [0.1, 0.15) is 40.7 Å². The Morgan fingerprint density at radius 2 is 2.09 bits per heavy atom. The lowest BCUT2D eigenvalue weighted by Crippen LogP contribution is -2.27.